The van der Waals surface area contributed by atoms with Gasteiger partial charge in [-0.25, -0.2) is 8.42 Å². The first kappa shape index (κ1) is 15.3. The Hall–Kier alpha value is -1.12. The molecule has 8 heteroatoms. The average molecular weight is 301 g/mol. The zero-order chi connectivity index (χ0) is 14.8. The van der Waals surface area contributed by atoms with Crippen LogP contribution in [-0.4, -0.2) is 60.1 Å². The van der Waals surface area contributed by atoms with E-state index < -0.39 is 10.0 Å². The van der Waals surface area contributed by atoms with E-state index in [-0.39, 0.29) is 10.7 Å². The summed E-state index contributed by atoms with van der Waals surface area (Å²) in [6.07, 6.45) is 2.43. The van der Waals surface area contributed by atoms with Crippen LogP contribution in [-0.2, 0) is 16.6 Å². The van der Waals surface area contributed by atoms with Crippen LogP contribution in [0.1, 0.15) is 20.3 Å². The van der Waals surface area contributed by atoms with E-state index in [0.29, 0.717) is 19.6 Å². The quantitative estimate of drug-likeness (QED) is 0.840. The Bertz CT molecular complexity index is 546. The number of piperazine rings is 1. The lowest BCUT2D eigenvalue weighted by molar-refractivity contribution is 0.196. The Balaban J connectivity index is 2.18. The minimum atomic E-state index is -3.52. The number of hydrogen-bond donors (Lipinski definition) is 1. The molecule has 0 aliphatic carbocycles. The minimum absolute atomic E-state index is 0.0939. The zero-order valence-electron chi connectivity index (χ0n) is 12.1. The highest BCUT2D eigenvalue weighted by Gasteiger charge is 2.31. The van der Waals surface area contributed by atoms with Crippen LogP contribution in [0.5, 0.6) is 0 Å². The smallest absolute Gasteiger partial charge is 0.248 e. The Morgan fingerprint density at radius 2 is 1.90 bits per heavy atom. The molecule has 1 aliphatic heterocycles. The minimum Gasteiger partial charge on any atom is -0.381 e. The molecule has 20 heavy (non-hydrogen) atoms. The van der Waals surface area contributed by atoms with Gasteiger partial charge in [-0.1, -0.05) is 13.8 Å². The molecular weight excluding hydrogens is 278 g/mol. The molecule has 0 amide bonds. The third-order valence-corrected chi connectivity index (χ3v) is 5.52. The topological polar surface area (TPSA) is 84.5 Å². The van der Waals surface area contributed by atoms with E-state index in [4.69, 9.17) is 5.73 Å². The third kappa shape index (κ3) is 2.97. The van der Waals surface area contributed by atoms with E-state index in [1.807, 2.05) is 6.92 Å². The zero-order valence-corrected chi connectivity index (χ0v) is 12.9. The SMILES string of the molecule is CCCn1cc(S(=O)(=O)N2CCN(CC)CC2)c(N)n1. The Morgan fingerprint density at radius 3 is 2.45 bits per heavy atom. The van der Waals surface area contributed by atoms with Crippen molar-refractivity contribution in [3.63, 3.8) is 0 Å². The van der Waals surface area contributed by atoms with Gasteiger partial charge in [-0.3, -0.25) is 4.68 Å². The number of aromatic nitrogens is 2. The van der Waals surface area contributed by atoms with E-state index in [9.17, 15) is 8.42 Å². The van der Waals surface area contributed by atoms with Crippen molar-refractivity contribution in [1.29, 1.82) is 0 Å². The van der Waals surface area contributed by atoms with Gasteiger partial charge in [0.2, 0.25) is 10.0 Å². The van der Waals surface area contributed by atoms with E-state index in [1.165, 1.54) is 4.31 Å². The van der Waals surface area contributed by atoms with Crippen LogP contribution in [0.4, 0.5) is 5.82 Å². The molecule has 1 aromatic heterocycles. The van der Waals surface area contributed by atoms with Gasteiger partial charge in [0.05, 0.1) is 0 Å². The fourth-order valence-electron chi connectivity index (χ4n) is 2.39. The molecule has 2 N–H and O–H groups in total. The summed E-state index contributed by atoms with van der Waals surface area (Å²) in [5.41, 5.74) is 5.77. The summed E-state index contributed by atoms with van der Waals surface area (Å²) >= 11 is 0. The molecule has 1 fully saturated rings. The summed E-state index contributed by atoms with van der Waals surface area (Å²) in [6.45, 7) is 8.25. The maximum atomic E-state index is 12.6. The molecule has 2 rings (SSSR count). The van der Waals surface area contributed by atoms with Gasteiger partial charge in [0, 0.05) is 38.9 Å². The van der Waals surface area contributed by atoms with Crippen LogP contribution >= 0.6 is 0 Å². The first-order valence-electron chi connectivity index (χ1n) is 7.04. The molecule has 0 spiro atoms. The highest BCUT2D eigenvalue weighted by molar-refractivity contribution is 7.89. The maximum Gasteiger partial charge on any atom is 0.248 e. The maximum absolute atomic E-state index is 12.6. The number of sulfonamides is 1. The van der Waals surface area contributed by atoms with Crippen LogP contribution in [0.15, 0.2) is 11.1 Å². The monoisotopic (exact) mass is 301 g/mol. The van der Waals surface area contributed by atoms with Gasteiger partial charge < -0.3 is 10.6 Å². The highest BCUT2D eigenvalue weighted by Crippen LogP contribution is 2.22. The van der Waals surface area contributed by atoms with E-state index in [0.717, 1.165) is 26.1 Å². The van der Waals surface area contributed by atoms with Crippen molar-refractivity contribution in [2.45, 2.75) is 31.7 Å². The summed E-state index contributed by atoms with van der Waals surface area (Å²) in [6, 6.07) is 0. The molecule has 0 bridgehead atoms. The van der Waals surface area contributed by atoms with Crippen LogP contribution in [0.2, 0.25) is 0 Å². The summed E-state index contributed by atoms with van der Waals surface area (Å²) < 4.78 is 28.3. The number of aryl methyl sites for hydroxylation is 1. The second-order valence-corrected chi connectivity index (χ2v) is 6.89. The molecule has 1 aromatic rings. The van der Waals surface area contributed by atoms with Crippen molar-refractivity contribution >= 4 is 15.8 Å². The van der Waals surface area contributed by atoms with Crippen molar-refractivity contribution in [3.8, 4) is 0 Å². The van der Waals surface area contributed by atoms with Crippen LogP contribution < -0.4 is 5.73 Å². The van der Waals surface area contributed by atoms with Crippen LogP contribution in [0.3, 0.4) is 0 Å². The summed E-state index contributed by atoms with van der Waals surface area (Å²) in [7, 11) is -3.52. The number of nitrogens with zero attached hydrogens (tertiary/aromatic N) is 4. The predicted octanol–water partition coefficient (Wildman–Crippen LogP) is 0.202. The highest BCUT2D eigenvalue weighted by atomic mass is 32.2. The van der Waals surface area contributed by atoms with E-state index in [1.54, 1.807) is 10.9 Å². The number of nitrogens with two attached hydrogens (primary N) is 1. The van der Waals surface area contributed by atoms with E-state index >= 15 is 0 Å². The van der Waals surface area contributed by atoms with Crippen LogP contribution in [0.25, 0.3) is 0 Å². The van der Waals surface area contributed by atoms with Gasteiger partial charge in [-0.2, -0.15) is 9.40 Å². The molecule has 1 saturated heterocycles. The molecule has 2 heterocycles. The van der Waals surface area contributed by atoms with Crippen molar-refractivity contribution in [2.24, 2.45) is 0 Å². The molecule has 1 aliphatic rings. The molecule has 0 radical (unpaired) electrons. The lowest BCUT2D eigenvalue weighted by Gasteiger charge is -2.32. The van der Waals surface area contributed by atoms with Crippen molar-refractivity contribution in [2.75, 3.05) is 38.5 Å². The molecule has 0 atom stereocenters. The standard InChI is InChI=1S/C12H23N5O2S/c1-3-5-16-10-11(12(13)14-16)20(18,19)17-8-6-15(4-2)7-9-17/h10H,3-9H2,1-2H3,(H2,13,14). The fraction of sp³-hybridized carbons (Fsp3) is 0.750. The summed E-state index contributed by atoms with van der Waals surface area (Å²) in [5.74, 6) is 0.0939. The largest absolute Gasteiger partial charge is 0.381 e. The molecule has 114 valence electrons. The molecule has 0 unspecified atom stereocenters. The Labute approximate surface area is 120 Å². The second kappa shape index (κ2) is 6.11. The fourth-order valence-corrected chi connectivity index (χ4v) is 3.87. The Morgan fingerprint density at radius 1 is 1.25 bits per heavy atom. The van der Waals surface area contributed by atoms with Gasteiger partial charge >= 0.3 is 0 Å². The number of nitrogen functional groups attached to an aromatic ring is 1. The molecule has 7 nitrogen and oxygen atoms in total. The normalized spacial score (nSPS) is 18.5. The summed E-state index contributed by atoms with van der Waals surface area (Å²) in [4.78, 5) is 2.37. The lowest BCUT2D eigenvalue weighted by Crippen LogP contribution is -2.48. The first-order valence-corrected chi connectivity index (χ1v) is 8.48. The van der Waals surface area contributed by atoms with Gasteiger partial charge in [0.25, 0.3) is 0 Å². The number of rotatable bonds is 5. The van der Waals surface area contributed by atoms with Crippen molar-refractivity contribution in [1.82, 2.24) is 19.0 Å². The first-order chi connectivity index (χ1) is 9.48. The van der Waals surface area contributed by atoms with Gasteiger partial charge in [0.15, 0.2) is 5.82 Å². The lowest BCUT2D eigenvalue weighted by atomic mass is 10.4. The number of hydrogen-bond acceptors (Lipinski definition) is 5. The third-order valence-electron chi connectivity index (χ3n) is 3.60. The summed E-state index contributed by atoms with van der Waals surface area (Å²) in [5, 5.41) is 4.07. The molecule has 0 saturated carbocycles. The van der Waals surface area contributed by atoms with Gasteiger partial charge in [-0.15, -0.1) is 0 Å². The predicted molar refractivity (Wildman–Crippen MR) is 77.8 cm³/mol. The average Bonchev–Trinajstić information content (AvgIpc) is 2.81. The Kier molecular flexibility index (Phi) is 4.66. The van der Waals surface area contributed by atoms with Gasteiger partial charge in [-0.05, 0) is 13.0 Å². The number of likely N-dealkylation sites (N-methyl/N-ethyl adjacent to an activating group) is 1. The van der Waals surface area contributed by atoms with Crippen molar-refractivity contribution in [3.05, 3.63) is 6.20 Å². The second-order valence-electron chi connectivity index (χ2n) is 4.98. The molecule has 0 aromatic carbocycles. The number of anilines is 1. The van der Waals surface area contributed by atoms with Crippen molar-refractivity contribution < 1.29 is 8.42 Å². The molecular formula is C12H23N5O2S. The van der Waals surface area contributed by atoms with Crippen LogP contribution in [0, 0.1) is 0 Å². The van der Waals surface area contributed by atoms with Gasteiger partial charge in [0.1, 0.15) is 4.90 Å². The van der Waals surface area contributed by atoms with E-state index in [2.05, 4.69) is 16.9 Å².